The van der Waals surface area contributed by atoms with E-state index in [-0.39, 0.29) is 5.91 Å². The van der Waals surface area contributed by atoms with E-state index in [9.17, 15) is 9.59 Å². The molecule has 0 aromatic carbocycles. The Morgan fingerprint density at radius 2 is 1.73 bits per heavy atom. The highest BCUT2D eigenvalue weighted by Gasteiger charge is 2.22. The van der Waals surface area contributed by atoms with Crippen molar-refractivity contribution in [1.82, 2.24) is 9.80 Å². The Labute approximate surface area is 96.5 Å². The van der Waals surface area contributed by atoms with Crippen molar-refractivity contribution in [2.24, 2.45) is 0 Å². The first-order valence-electron chi connectivity index (χ1n) is 4.64. The Morgan fingerprint density at radius 3 is 2.20 bits per heavy atom. The first-order chi connectivity index (χ1) is 7.15. The Morgan fingerprint density at radius 1 is 1.20 bits per heavy atom. The number of hydrogen-bond donors (Lipinski definition) is 1. The van der Waals surface area contributed by atoms with Gasteiger partial charge < -0.3 is 14.9 Å². The second-order valence-corrected chi connectivity index (χ2v) is 3.80. The average molecular weight is 277 g/mol. The van der Waals surface area contributed by atoms with Crippen LogP contribution in [0.15, 0.2) is 12.2 Å². The Balaban J connectivity index is 2.40. The summed E-state index contributed by atoms with van der Waals surface area (Å²) in [6.45, 7) is 1.72. The number of carbonyl (C=O) groups excluding carboxylic acids is 1. The van der Waals surface area contributed by atoms with Gasteiger partial charge in [-0.15, -0.1) is 0 Å². The van der Waals surface area contributed by atoms with Crippen molar-refractivity contribution < 1.29 is 14.7 Å². The summed E-state index contributed by atoms with van der Waals surface area (Å²) in [4.78, 5) is 25.1. The predicted octanol–water partition coefficient (Wildman–Crippen LogP) is 0.760. The van der Waals surface area contributed by atoms with Gasteiger partial charge >= 0.3 is 6.09 Å². The number of amides is 2. The highest BCUT2D eigenvalue weighted by atomic mass is 79.9. The minimum Gasteiger partial charge on any atom is -0.465 e. The van der Waals surface area contributed by atoms with Crippen LogP contribution < -0.4 is 0 Å². The second-order valence-electron chi connectivity index (χ2n) is 3.15. The third-order valence-corrected chi connectivity index (χ3v) is 2.59. The van der Waals surface area contributed by atoms with E-state index in [1.165, 1.54) is 11.0 Å². The molecule has 1 rings (SSSR count). The molecule has 0 aromatic rings. The molecule has 0 radical (unpaired) electrons. The maximum atomic E-state index is 11.5. The molecular formula is C9H13BrN2O3. The summed E-state index contributed by atoms with van der Waals surface area (Å²) in [5.41, 5.74) is 0. The highest BCUT2D eigenvalue weighted by Crippen LogP contribution is 2.03. The van der Waals surface area contributed by atoms with Crippen molar-refractivity contribution in [3.8, 4) is 0 Å². The molecule has 1 aliphatic heterocycles. The van der Waals surface area contributed by atoms with Gasteiger partial charge in [-0.25, -0.2) is 4.79 Å². The first-order valence-corrected chi connectivity index (χ1v) is 5.76. The standard InChI is InChI=1S/C9H13BrN2O3/c10-3-1-2-8(13)11-4-6-12(7-5-11)9(14)15/h1-2H,3-7H2,(H,14,15)/b2-1+. The van der Waals surface area contributed by atoms with Crippen molar-refractivity contribution in [3.05, 3.63) is 12.2 Å². The normalized spacial score (nSPS) is 17.1. The summed E-state index contributed by atoms with van der Waals surface area (Å²) in [5.74, 6) is -0.0560. The van der Waals surface area contributed by atoms with Crippen molar-refractivity contribution >= 4 is 27.9 Å². The van der Waals surface area contributed by atoms with Crippen molar-refractivity contribution in [2.75, 3.05) is 31.5 Å². The van der Waals surface area contributed by atoms with E-state index in [0.717, 1.165) is 0 Å². The van der Waals surface area contributed by atoms with E-state index in [1.807, 2.05) is 0 Å². The monoisotopic (exact) mass is 276 g/mol. The Bertz CT molecular complexity index is 273. The van der Waals surface area contributed by atoms with Crippen LogP contribution in [0.5, 0.6) is 0 Å². The van der Waals surface area contributed by atoms with Gasteiger partial charge in [0.1, 0.15) is 0 Å². The second kappa shape index (κ2) is 5.75. The van der Waals surface area contributed by atoms with E-state index in [1.54, 1.807) is 11.0 Å². The minimum absolute atomic E-state index is 0.0560. The lowest BCUT2D eigenvalue weighted by Gasteiger charge is -2.32. The van der Waals surface area contributed by atoms with Gasteiger partial charge in [-0.3, -0.25) is 4.79 Å². The zero-order valence-electron chi connectivity index (χ0n) is 8.23. The Hall–Kier alpha value is -1.04. The molecule has 5 nitrogen and oxygen atoms in total. The quantitative estimate of drug-likeness (QED) is 0.598. The van der Waals surface area contributed by atoms with Gasteiger partial charge in [0.15, 0.2) is 0 Å². The number of alkyl halides is 1. The molecule has 0 aromatic heterocycles. The molecule has 0 bridgehead atoms. The van der Waals surface area contributed by atoms with Gasteiger partial charge in [-0.05, 0) is 6.08 Å². The molecule has 1 aliphatic rings. The zero-order valence-corrected chi connectivity index (χ0v) is 9.81. The van der Waals surface area contributed by atoms with Crippen LogP contribution in [-0.2, 0) is 4.79 Å². The number of piperazine rings is 1. The number of carbonyl (C=O) groups is 2. The smallest absolute Gasteiger partial charge is 0.407 e. The van der Waals surface area contributed by atoms with Crippen molar-refractivity contribution in [2.45, 2.75) is 0 Å². The molecule has 0 unspecified atom stereocenters. The van der Waals surface area contributed by atoms with Crippen LogP contribution in [-0.4, -0.2) is 58.4 Å². The number of hydrogen-bond acceptors (Lipinski definition) is 2. The van der Waals surface area contributed by atoms with Gasteiger partial charge in [-0.1, -0.05) is 22.0 Å². The summed E-state index contributed by atoms with van der Waals surface area (Å²) in [7, 11) is 0. The van der Waals surface area contributed by atoms with Gasteiger partial charge in [0.05, 0.1) is 0 Å². The molecule has 0 saturated carbocycles. The number of allylic oxidation sites excluding steroid dienone is 1. The van der Waals surface area contributed by atoms with Crippen LogP contribution in [0, 0.1) is 0 Å². The first kappa shape index (κ1) is 12.0. The maximum Gasteiger partial charge on any atom is 0.407 e. The van der Waals surface area contributed by atoms with Crippen LogP contribution in [0.4, 0.5) is 4.79 Å². The van der Waals surface area contributed by atoms with Crippen molar-refractivity contribution in [1.29, 1.82) is 0 Å². The molecular weight excluding hydrogens is 264 g/mol. The van der Waals surface area contributed by atoms with Gasteiger partial charge in [0.2, 0.25) is 5.91 Å². The topological polar surface area (TPSA) is 60.9 Å². The molecule has 84 valence electrons. The lowest BCUT2D eigenvalue weighted by atomic mass is 10.3. The van der Waals surface area contributed by atoms with E-state index in [2.05, 4.69) is 15.9 Å². The number of nitrogens with zero attached hydrogens (tertiary/aromatic N) is 2. The molecule has 0 spiro atoms. The molecule has 1 saturated heterocycles. The minimum atomic E-state index is -0.918. The lowest BCUT2D eigenvalue weighted by molar-refractivity contribution is -0.127. The van der Waals surface area contributed by atoms with Crippen LogP contribution in [0.3, 0.4) is 0 Å². The highest BCUT2D eigenvalue weighted by molar-refractivity contribution is 9.09. The van der Waals surface area contributed by atoms with E-state index in [0.29, 0.717) is 31.5 Å². The summed E-state index contributed by atoms with van der Waals surface area (Å²) in [5, 5.41) is 9.35. The lowest BCUT2D eigenvalue weighted by Crippen LogP contribution is -2.49. The summed E-state index contributed by atoms with van der Waals surface area (Å²) >= 11 is 3.19. The SMILES string of the molecule is O=C(O)N1CCN(C(=O)/C=C/CBr)CC1. The molecule has 15 heavy (non-hydrogen) atoms. The van der Waals surface area contributed by atoms with Gasteiger partial charge in [0, 0.05) is 31.5 Å². The van der Waals surface area contributed by atoms with E-state index in [4.69, 9.17) is 5.11 Å². The van der Waals surface area contributed by atoms with Crippen LogP contribution in [0.1, 0.15) is 0 Å². The third-order valence-electron chi connectivity index (χ3n) is 2.21. The summed E-state index contributed by atoms with van der Waals surface area (Å²) in [6.07, 6.45) is 2.31. The summed E-state index contributed by atoms with van der Waals surface area (Å²) in [6, 6.07) is 0. The summed E-state index contributed by atoms with van der Waals surface area (Å²) < 4.78 is 0. The van der Waals surface area contributed by atoms with E-state index < -0.39 is 6.09 Å². The number of rotatable bonds is 2. The zero-order chi connectivity index (χ0) is 11.3. The molecule has 1 heterocycles. The van der Waals surface area contributed by atoms with Crippen LogP contribution in [0.25, 0.3) is 0 Å². The van der Waals surface area contributed by atoms with Gasteiger partial charge in [-0.2, -0.15) is 0 Å². The Kier molecular flexibility index (Phi) is 4.61. The molecule has 0 aliphatic carbocycles. The number of halogens is 1. The van der Waals surface area contributed by atoms with Crippen LogP contribution in [0.2, 0.25) is 0 Å². The van der Waals surface area contributed by atoms with Crippen molar-refractivity contribution in [3.63, 3.8) is 0 Å². The fourth-order valence-corrected chi connectivity index (χ4v) is 1.56. The molecule has 2 amide bonds. The average Bonchev–Trinajstić information content (AvgIpc) is 2.26. The van der Waals surface area contributed by atoms with Gasteiger partial charge in [0.25, 0.3) is 0 Å². The molecule has 0 atom stereocenters. The largest absolute Gasteiger partial charge is 0.465 e. The molecule has 6 heteroatoms. The molecule has 1 fully saturated rings. The van der Waals surface area contributed by atoms with E-state index >= 15 is 0 Å². The predicted molar refractivity (Wildman–Crippen MR) is 59.1 cm³/mol. The number of carboxylic acid groups (broad SMARTS) is 1. The van der Waals surface area contributed by atoms with Crippen LogP contribution >= 0.6 is 15.9 Å². The fraction of sp³-hybridized carbons (Fsp3) is 0.556. The fourth-order valence-electron chi connectivity index (χ4n) is 1.37. The molecule has 1 N–H and O–H groups in total. The third kappa shape index (κ3) is 3.54. The maximum absolute atomic E-state index is 11.5.